The van der Waals surface area contributed by atoms with Crippen molar-refractivity contribution in [1.82, 2.24) is 0 Å². The van der Waals surface area contributed by atoms with Crippen LogP contribution in [-0.2, 0) is 6.42 Å². The molecule has 0 unspecified atom stereocenters. The summed E-state index contributed by atoms with van der Waals surface area (Å²) in [5, 5.41) is 0. The first-order chi connectivity index (χ1) is 9.15. The van der Waals surface area contributed by atoms with E-state index in [1.165, 1.54) is 55.2 Å². The van der Waals surface area contributed by atoms with Gasteiger partial charge in [0.15, 0.2) is 0 Å². The maximum absolute atomic E-state index is 2.38. The van der Waals surface area contributed by atoms with Gasteiger partial charge in [-0.15, -0.1) is 0 Å². The molecule has 19 heavy (non-hydrogen) atoms. The first-order valence-electron chi connectivity index (χ1n) is 8.24. The second kappa shape index (κ2) is 11.1. The van der Waals surface area contributed by atoms with Gasteiger partial charge in [0.1, 0.15) is 0 Å². The van der Waals surface area contributed by atoms with Gasteiger partial charge in [-0.1, -0.05) is 78.5 Å². The second-order valence-electron chi connectivity index (χ2n) is 5.51. The van der Waals surface area contributed by atoms with Crippen LogP contribution in [0.3, 0.4) is 0 Å². The van der Waals surface area contributed by atoms with Crippen LogP contribution < -0.4 is 0 Å². The molecule has 1 aromatic rings. The number of aryl methyl sites for hydroxylation is 2. The van der Waals surface area contributed by atoms with Gasteiger partial charge in [-0.05, 0) is 42.4 Å². The minimum Gasteiger partial charge on any atom is -0.0683 e. The molecule has 0 heterocycles. The Morgan fingerprint density at radius 1 is 0.947 bits per heavy atom. The Morgan fingerprint density at radius 3 is 2.11 bits per heavy atom. The molecule has 0 atom stereocenters. The van der Waals surface area contributed by atoms with Crippen LogP contribution in [0.1, 0.15) is 89.3 Å². The SMILES string of the molecule is CC.CCCCCCCc1ccc(C(C)C)c(C)c1. The molecule has 0 heteroatoms. The molecule has 0 amide bonds. The predicted octanol–water partition coefficient (Wildman–Crippen LogP) is 6.66. The molecule has 0 aliphatic heterocycles. The molecule has 0 fully saturated rings. The van der Waals surface area contributed by atoms with Crippen LogP contribution in [0.4, 0.5) is 0 Å². The fourth-order valence-electron chi connectivity index (χ4n) is 2.47. The summed E-state index contributed by atoms with van der Waals surface area (Å²) in [4.78, 5) is 0. The molecule has 0 radical (unpaired) electrons. The smallest absolute Gasteiger partial charge is 0.0216 e. The largest absolute Gasteiger partial charge is 0.0683 e. The van der Waals surface area contributed by atoms with Crippen molar-refractivity contribution in [2.24, 2.45) is 0 Å². The normalized spacial score (nSPS) is 10.3. The van der Waals surface area contributed by atoms with E-state index in [-0.39, 0.29) is 0 Å². The van der Waals surface area contributed by atoms with Crippen molar-refractivity contribution >= 4 is 0 Å². The van der Waals surface area contributed by atoms with Gasteiger partial charge in [-0.2, -0.15) is 0 Å². The lowest BCUT2D eigenvalue weighted by Gasteiger charge is -2.11. The zero-order chi connectivity index (χ0) is 14.7. The minimum absolute atomic E-state index is 0.647. The molecule has 0 saturated heterocycles. The van der Waals surface area contributed by atoms with E-state index < -0.39 is 0 Å². The Bertz CT molecular complexity index is 323. The summed E-state index contributed by atoms with van der Waals surface area (Å²) < 4.78 is 0. The molecule has 0 aliphatic carbocycles. The van der Waals surface area contributed by atoms with Gasteiger partial charge >= 0.3 is 0 Å². The van der Waals surface area contributed by atoms with Crippen molar-refractivity contribution in [2.45, 2.75) is 86.0 Å². The fraction of sp³-hybridized carbons (Fsp3) is 0.684. The molecule has 0 saturated carbocycles. The molecule has 0 nitrogen and oxygen atoms in total. The lowest BCUT2D eigenvalue weighted by molar-refractivity contribution is 0.632. The third-order valence-electron chi connectivity index (χ3n) is 3.53. The standard InChI is InChI=1S/C17H28.C2H6/c1-5-6-7-8-9-10-16-11-12-17(14(2)3)15(4)13-16;1-2/h11-14H,5-10H2,1-4H3;1-2H3. The van der Waals surface area contributed by atoms with Crippen LogP contribution in [0.15, 0.2) is 18.2 Å². The van der Waals surface area contributed by atoms with Gasteiger partial charge < -0.3 is 0 Å². The van der Waals surface area contributed by atoms with Crippen molar-refractivity contribution in [3.8, 4) is 0 Å². The zero-order valence-corrected chi connectivity index (χ0v) is 14.1. The summed E-state index contributed by atoms with van der Waals surface area (Å²) in [6.45, 7) is 13.1. The Balaban J connectivity index is 0.00000154. The number of rotatable bonds is 7. The van der Waals surface area contributed by atoms with E-state index in [0.29, 0.717) is 5.92 Å². The molecular formula is C19H34. The van der Waals surface area contributed by atoms with Crippen LogP contribution in [0.25, 0.3) is 0 Å². The van der Waals surface area contributed by atoms with Gasteiger partial charge in [0.25, 0.3) is 0 Å². The van der Waals surface area contributed by atoms with E-state index in [2.05, 4.69) is 45.9 Å². The van der Waals surface area contributed by atoms with Crippen LogP contribution >= 0.6 is 0 Å². The molecule has 1 aromatic carbocycles. The summed E-state index contributed by atoms with van der Waals surface area (Å²) in [7, 11) is 0. The van der Waals surface area contributed by atoms with Gasteiger partial charge in [0.2, 0.25) is 0 Å². The topological polar surface area (TPSA) is 0 Å². The molecule has 0 bridgehead atoms. The molecular weight excluding hydrogens is 228 g/mol. The third kappa shape index (κ3) is 7.40. The van der Waals surface area contributed by atoms with Crippen molar-refractivity contribution in [1.29, 1.82) is 0 Å². The first kappa shape index (κ1) is 18.2. The van der Waals surface area contributed by atoms with Crippen molar-refractivity contribution < 1.29 is 0 Å². The Kier molecular flexibility index (Phi) is 10.6. The Hall–Kier alpha value is -0.780. The van der Waals surface area contributed by atoms with Crippen molar-refractivity contribution in [3.63, 3.8) is 0 Å². The summed E-state index contributed by atoms with van der Waals surface area (Å²) in [6, 6.07) is 7.03. The van der Waals surface area contributed by atoms with E-state index in [1.54, 1.807) is 0 Å². The second-order valence-corrected chi connectivity index (χ2v) is 5.51. The van der Waals surface area contributed by atoms with E-state index >= 15 is 0 Å². The van der Waals surface area contributed by atoms with Crippen LogP contribution in [0.2, 0.25) is 0 Å². The fourth-order valence-corrected chi connectivity index (χ4v) is 2.47. The average Bonchev–Trinajstić information content (AvgIpc) is 2.40. The van der Waals surface area contributed by atoms with E-state index in [0.717, 1.165) is 0 Å². The summed E-state index contributed by atoms with van der Waals surface area (Å²) in [6.07, 6.45) is 8.12. The van der Waals surface area contributed by atoms with E-state index in [9.17, 15) is 0 Å². The number of hydrogen-bond acceptors (Lipinski definition) is 0. The predicted molar refractivity (Wildman–Crippen MR) is 89.1 cm³/mol. The Labute approximate surface area is 121 Å². The van der Waals surface area contributed by atoms with Gasteiger partial charge in [-0.25, -0.2) is 0 Å². The van der Waals surface area contributed by atoms with Crippen molar-refractivity contribution in [3.05, 3.63) is 34.9 Å². The van der Waals surface area contributed by atoms with Gasteiger partial charge in [0.05, 0.1) is 0 Å². The Morgan fingerprint density at radius 2 is 1.58 bits per heavy atom. The number of benzene rings is 1. The zero-order valence-electron chi connectivity index (χ0n) is 14.1. The van der Waals surface area contributed by atoms with Crippen molar-refractivity contribution in [2.75, 3.05) is 0 Å². The lowest BCUT2D eigenvalue weighted by Crippen LogP contribution is -1.94. The van der Waals surface area contributed by atoms with Crippen LogP contribution in [0.5, 0.6) is 0 Å². The summed E-state index contributed by atoms with van der Waals surface area (Å²) in [5.74, 6) is 0.647. The van der Waals surface area contributed by atoms with Gasteiger partial charge in [-0.3, -0.25) is 0 Å². The highest BCUT2D eigenvalue weighted by molar-refractivity contribution is 5.33. The monoisotopic (exact) mass is 262 g/mol. The maximum atomic E-state index is 2.38. The lowest BCUT2D eigenvalue weighted by atomic mass is 9.94. The highest BCUT2D eigenvalue weighted by atomic mass is 14.1. The average molecular weight is 262 g/mol. The van der Waals surface area contributed by atoms with Gasteiger partial charge in [0, 0.05) is 0 Å². The van der Waals surface area contributed by atoms with E-state index in [1.807, 2.05) is 13.8 Å². The number of hydrogen-bond donors (Lipinski definition) is 0. The van der Waals surface area contributed by atoms with E-state index in [4.69, 9.17) is 0 Å². The third-order valence-corrected chi connectivity index (χ3v) is 3.53. The quantitative estimate of drug-likeness (QED) is 0.482. The minimum atomic E-state index is 0.647. The summed E-state index contributed by atoms with van der Waals surface area (Å²) in [5.41, 5.74) is 4.48. The first-order valence-corrected chi connectivity index (χ1v) is 8.24. The molecule has 110 valence electrons. The summed E-state index contributed by atoms with van der Waals surface area (Å²) >= 11 is 0. The maximum Gasteiger partial charge on any atom is -0.0216 e. The van der Waals surface area contributed by atoms with Crippen LogP contribution in [0, 0.1) is 6.92 Å². The highest BCUT2D eigenvalue weighted by Gasteiger charge is 2.03. The van der Waals surface area contributed by atoms with Crippen LogP contribution in [-0.4, -0.2) is 0 Å². The molecule has 0 aliphatic rings. The molecule has 0 N–H and O–H groups in total. The highest BCUT2D eigenvalue weighted by Crippen LogP contribution is 2.21. The molecule has 0 aromatic heterocycles. The number of unbranched alkanes of at least 4 members (excludes halogenated alkanes) is 4. The molecule has 1 rings (SSSR count). The molecule has 0 spiro atoms.